The average Bonchev–Trinajstić information content (AvgIpc) is 2.35. The van der Waals surface area contributed by atoms with Crippen molar-refractivity contribution in [1.29, 1.82) is 0 Å². The van der Waals surface area contributed by atoms with Gasteiger partial charge in [0.2, 0.25) is 0 Å². The Kier molecular flexibility index (Phi) is 7.50. The molecule has 1 aliphatic rings. The van der Waals surface area contributed by atoms with Crippen LogP contribution >= 0.6 is 11.8 Å². The summed E-state index contributed by atoms with van der Waals surface area (Å²) in [6.45, 7) is 9.20. The van der Waals surface area contributed by atoms with E-state index in [-0.39, 0.29) is 0 Å². The molecule has 0 spiro atoms. The molecule has 0 heterocycles. The van der Waals surface area contributed by atoms with Gasteiger partial charge in [0.25, 0.3) is 0 Å². The van der Waals surface area contributed by atoms with E-state index in [9.17, 15) is 0 Å². The number of nitrogens with zero attached hydrogens (tertiary/aromatic N) is 1. The molecule has 0 amide bonds. The molecule has 2 nitrogen and oxygen atoms in total. The third-order valence-corrected chi connectivity index (χ3v) is 4.90. The molecule has 2 atom stereocenters. The van der Waals surface area contributed by atoms with Gasteiger partial charge < -0.3 is 10.2 Å². The van der Waals surface area contributed by atoms with Gasteiger partial charge >= 0.3 is 0 Å². The number of hydrogen-bond acceptors (Lipinski definition) is 3. The largest absolute Gasteiger partial charge is 0.312 e. The second-order valence-corrected chi connectivity index (χ2v) is 5.72. The van der Waals surface area contributed by atoms with Gasteiger partial charge in [0.15, 0.2) is 0 Å². The predicted octanol–water partition coefficient (Wildman–Crippen LogP) is 2.59. The molecule has 1 saturated carbocycles. The summed E-state index contributed by atoms with van der Waals surface area (Å²) in [5.41, 5.74) is 0. The SMILES string of the molecule is CCN(CC)CCNC1CCCCC1SC. The maximum Gasteiger partial charge on any atom is 0.0198 e. The highest BCUT2D eigenvalue weighted by Gasteiger charge is 2.23. The Morgan fingerprint density at radius 3 is 2.50 bits per heavy atom. The molecular formula is C13H28N2S. The fourth-order valence-electron chi connectivity index (χ4n) is 2.56. The molecule has 16 heavy (non-hydrogen) atoms. The molecule has 0 aromatic carbocycles. The maximum atomic E-state index is 3.76. The van der Waals surface area contributed by atoms with Crippen LogP contribution in [0.1, 0.15) is 39.5 Å². The van der Waals surface area contributed by atoms with Gasteiger partial charge in [-0.15, -0.1) is 0 Å². The Balaban J connectivity index is 2.19. The second kappa shape index (κ2) is 8.37. The molecule has 1 rings (SSSR count). The van der Waals surface area contributed by atoms with Crippen molar-refractivity contribution < 1.29 is 0 Å². The van der Waals surface area contributed by atoms with E-state index in [0.717, 1.165) is 17.8 Å². The van der Waals surface area contributed by atoms with Crippen molar-refractivity contribution in [2.45, 2.75) is 50.8 Å². The predicted molar refractivity (Wildman–Crippen MR) is 75.3 cm³/mol. The van der Waals surface area contributed by atoms with Gasteiger partial charge in [-0.2, -0.15) is 11.8 Å². The molecule has 2 unspecified atom stereocenters. The molecule has 3 heteroatoms. The molecule has 0 bridgehead atoms. The summed E-state index contributed by atoms with van der Waals surface area (Å²) in [6.07, 6.45) is 7.89. The first-order valence-corrected chi connectivity index (χ1v) is 8.09. The highest BCUT2D eigenvalue weighted by Crippen LogP contribution is 2.26. The fraction of sp³-hybridized carbons (Fsp3) is 1.00. The van der Waals surface area contributed by atoms with Crippen molar-refractivity contribution in [2.75, 3.05) is 32.4 Å². The lowest BCUT2D eigenvalue weighted by atomic mass is 9.95. The summed E-state index contributed by atoms with van der Waals surface area (Å²) in [7, 11) is 0. The quantitative estimate of drug-likeness (QED) is 0.741. The zero-order valence-corrected chi connectivity index (χ0v) is 12.0. The molecular weight excluding hydrogens is 216 g/mol. The first kappa shape index (κ1) is 14.3. The average molecular weight is 244 g/mol. The number of hydrogen-bond donors (Lipinski definition) is 1. The van der Waals surface area contributed by atoms with Crippen LogP contribution < -0.4 is 5.32 Å². The van der Waals surface area contributed by atoms with E-state index < -0.39 is 0 Å². The fourth-order valence-corrected chi connectivity index (χ4v) is 3.52. The van der Waals surface area contributed by atoms with E-state index in [1.54, 1.807) is 0 Å². The van der Waals surface area contributed by atoms with E-state index in [2.05, 4.69) is 30.3 Å². The van der Waals surface area contributed by atoms with Crippen molar-refractivity contribution >= 4 is 11.8 Å². The molecule has 0 radical (unpaired) electrons. The molecule has 0 aliphatic heterocycles. The summed E-state index contributed by atoms with van der Waals surface area (Å²) < 4.78 is 0. The molecule has 1 N–H and O–H groups in total. The second-order valence-electron chi connectivity index (χ2n) is 4.65. The minimum absolute atomic E-state index is 0.763. The zero-order chi connectivity index (χ0) is 11.8. The Bertz CT molecular complexity index is 171. The smallest absolute Gasteiger partial charge is 0.0198 e. The van der Waals surface area contributed by atoms with Crippen molar-refractivity contribution in [3.63, 3.8) is 0 Å². The van der Waals surface area contributed by atoms with Gasteiger partial charge in [0, 0.05) is 24.4 Å². The number of likely N-dealkylation sites (N-methyl/N-ethyl adjacent to an activating group) is 1. The summed E-state index contributed by atoms with van der Waals surface area (Å²) >= 11 is 2.05. The lowest BCUT2D eigenvalue weighted by Crippen LogP contribution is -2.43. The minimum atomic E-state index is 0.763. The van der Waals surface area contributed by atoms with Crippen molar-refractivity contribution in [1.82, 2.24) is 10.2 Å². The maximum absolute atomic E-state index is 3.76. The van der Waals surface area contributed by atoms with Crippen LogP contribution in [0, 0.1) is 0 Å². The minimum Gasteiger partial charge on any atom is -0.312 e. The van der Waals surface area contributed by atoms with Crippen LogP contribution in [0.4, 0.5) is 0 Å². The Morgan fingerprint density at radius 1 is 1.19 bits per heavy atom. The topological polar surface area (TPSA) is 15.3 Å². The van der Waals surface area contributed by atoms with Crippen LogP contribution in [-0.4, -0.2) is 48.6 Å². The number of thioether (sulfide) groups is 1. The number of rotatable bonds is 7. The van der Waals surface area contributed by atoms with Gasteiger partial charge in [0.1, 0.15) is 0 Å². The Labute approximate surface area is 106 Å². The van der Waals surface area contributed by atoms with Crippen LogP contribution in [0.25, 0.3) is 0 Å². The lowest BCUT2D eigenvalue weighted by Gasteiger charge is -2.31. The van der Waals surface area contributed by atoms with Crippen molar-refractivity contribution in [3.8, 4) is 0 Å². The van der Waals surface area contributed by atoms with E-state index >= 15 is 0 Å². The Hall–Kier alpha value is 0.270. The summed E-state index contributed by atoms with van der Waals surface area (Å²) in [4.78, 5) is 2.49. The molecule has 0 aromatic heterocycles. The van der Waals surface area contributed by atoms with Gasteiger partial charge in [-0.3, -0.25) is 0 Å². The van der Waals surface area contributed by atoms with Crippen LogP contribution in [-0.2, 0) is 0 Å². The molecule has 1 fully saturated rings. The molecule has 96 valence electrons. The summed E-state index contributed by atoms with van der Waals surface area (Å²) in [5.74, 6) is 0. The third kappa shape index (κ3) is 4.64. The first-order chi connectivity index (χ1) is 7.81. The molecule has 0 aromatic rings. The van der Waals surface area contributed by atoms with Gasteiger partial charge in [-0.1, -0.05) is 26.7 Å². The van der Waals surface area contributed by atoms with Crippen LogP contribution in [0.15, 0.2) is 0 Å². The zero-order valence-electron chi connectivity index (χ0n) is 11.2. The van der Waals surface area contributed by atoms with E-state index in [4.69, 9.17) is 0 Å². The first-order valence-electron chi connectivity index (χ1n) is 6.80. The summed E-state index contributed by atoms with van der Waals surface area (Å²) in [5, 5.41) is 4.61. The Morgan fingerprint density at radius 2 is 1.88 bits per heavy atom. The standard InChI is InChI=1S/C13H28N2S/c1-4-15(5-2)11-10-14-12-8-6-7-9-13(12)16-3/h12-14H,4-11H2,1-3H3. The van der Waals surface area contributed by atoms with Crippen LogP contribution in [0.3, 0.4) is 0 Å². The van der Waals surface area contributed by atoms with Gasteiger partial charge in [-0.25, -0.2) is 0 Å². The van der Waals surface area contributed by atoms with E-state index in [0.29, 0.717) is 0 Å². The number of nitrogens with one attached hydrogen (secondary N) is 1. The van der Waals surface area contributed by atoms with Crippen molar-refractivity contribution in [3.05, 3.63) is 0 Å². The van der Waals surface area contributed by atoms with E-state index in [1.165, 1.54) is 45.3 Å². The summed E-state index contributed by atoms with van der Waals surface area (Å²) in [6, 6.07) is 0.763. The van der Waals surface area contributed by atoms with Gasteiger partial charge in [-0.05, 0) is 32.2 Å². The normalized spacial score (nSPS) is 26.2. The monoisotopic (exact) mass is 244 g/mol. The molecule has 0 saturated heterocycles. The van der Waals surface area contributed by atoms with Crippen molar-refractivity contribution in [2.24, 2.45) is 0 Å². The molecule has 1 aliphatic carbocycles. The van der Waals surface area contributed by atoms with E-state index in [1.807, 2.05) is 11.8 Å². The van der Waals surface area contributed by atoms with Crippen LogP contribution in [0.2, 0.25) is 0 Å². The van der Waals surface area contributed by atoms with Crippen LogP contribution in [0.5, 0.6) is 0 Å². The third-order valence-electron chi connectivity index (χ3n) is 3.73. The lowest BCUT2D eigenvalue weighted by molar-refractivity contribution is 0.286. The highest BCUT2D eigenvalue weighted by atomic mass is 32.2. The highest BCUT2D eigenvalue weighted by molar-refractivity contribution is 7.99. The van der Waals surface area contributed by atoms with Gasteiger partial charge in [0.05, 0.1) is 0 Å².